The summed E-state index contributed by atoms with van der Waals surface area (Å²) in [4.78, 5) is 11.6. The van der Waals surface area contributed by atoms with Crippen LogP contribution in [0.5, 0.6) is 0 Å². The van der Waals surface area contributed by atoms with Crippen LogP contribution in [0.15, 0.2) is 54.7 Å². The third-order valence-electron chi connectivity index (χ3n) is 3.56. The second kappa shape index (κ2) is 5.53. The summed E-state index contributed by atoms with van der Waals surface area (Å²) in [7, 11) is 0. The third-order valence-corrected chi connectivity index (χ3v) is 3.56. The summed E-state index contributed by atoms with van der Waals surface area (Å²) in [6.45, 7) is 0.242. The van der Waals surface area contributed by atoms with Gasteiger partial charge < -0.3 is 4.57 Å². The Kier molecular flexibility index (Phi) is 3.67. The molecule has 0 fully saturated rings. The van der Waals surface area contributed by atoms with E-state index in [4.69, 9.17) is 0 Å². The monoisotopic (exact) mass is 321 g/mol. The fourth-order valence-corrected chi connectivity index (χ4v) is 2.50. The summed E-state index contributed by atoms with van der Waals surface area (Å²) in [5.41, 5.74) is 0.859. The van der Waals surface area contributed by atoms with Gasteiger partial charge in [-0.05, 0) is 23.8 Å². The number of ketones is 1. The molecule has 23 heavy (non-hydrogen) atoms. The van der Waals surface area contributed by atoms with Crippen LogP contribution < -0.4 is 0 Å². The molecule has 0 unspecified atom stereocenters. The maximum Gasteiger partial charge on any atom is 0.454 e. The van der Waals surface area contributed by atoms with Crippen LogP contribution in [0.25, 0.3) is 10.9 Å². The van der Waals surface area contributed by atoms with E-state index in [9.17, 15) is 22.4 Å². The van der Waals surface area contributed by atoms with Gasteiger partial charge in [-0.15, -0.1) is 0 Å². The summed E-state index contributed by atoms with van der Waals surface area (Å²) in [6.07, 6.45) is -3.73. The molecule has 1 aromatic heterocycles. The number of alkyl halides is 3. The second-order valence-corrected chi connectivity index (χ2v) is 5.14. The number of carbonyl (C=O) groups is 1. The highest BCUT2D eigenvalue weighted by Crippen LogP contribution is 2.29. The van der Waals surface area contributed by atoms with Crippen molar-refractivity contribution in [3.05, 3.63) is 71.7 Å². The Hall–Kier alpha value is -2.63. The lowest BCUT2D eigenvalue weighted by Crippen LogP contribution is -2.22. The van der Waals surface area contributed by atoms with Crippen molar-refractivity contribution in [2.75, 3.05) is 0 Å². The second-order valence-electron chi connectivity index (χ2n) is 5.14. The highest BCUT2D eigenvalue weighted by Gasteiger charge is 2.40. The van der Waals surface area contributed by atoms with Crippen molar-refractivity contribution < 1.29 is 22.4 Å². The minimum atomic E-state index is -4.93. The molecule has 0 aliphatic carbocycles. The van der Waals surface area contributed by atoms with Crippen molar-refractivity contribution in [3.8, 4) is 0 Å². The van der Waals surface area contributed by atoms with Gasteiger partial charge in [-0.2, -0.15) is 13.2 Å². The molecule has 2 nitrogen and oxygen atoms in total. The third kappa shape index (κ3) is 2.97. The molecule has 0 N–H and O–H groups in total. The van der Waals surface area contributed by atoms with Gasteiger partial charge in [-0.3, -0.25) is 4.79 Å². The first-order chi connectivity index (χ1) is 10.9. The predicted molar refractivity (Wildman–Crippen MR) is 77.8 cm³/mol. The molecular formula is C17H11F4NO. The summed E-state index contributed by atoms with van der Waals surface area (Å²) in [5, 5.41) is 0.247. The summed E-state index contributed by atoms with van der Waals surface area (Å²) >= 11 is 0. The van der Waals surface area contributed by atoms with Gasteiger partial charge in [0.15, 0.2) is 0 Å². The Morgan fingerprint density at radius 2 is 1.65 bits per heavy atom. The van der Waals surface area contributed by atoms with E-state index in [1.165, 1.54) is 24.4 Å². The molecule has 0 radical (unpaired) electrons. The molecule has 3 rings (SSSR count). The molecule has 3 aromatic rings. The van der Waals surface area contributed by atoms with E-state index in [-0.39, 0.29) is 23.3 Å². The van der Waals surface area contributed by atoms with Crippen molar-refractivity contribution in [1.29, 1.82) is 0 Å². The molecule has 118 valence electrons. The van der Waals surface area contributed by atoms with Crippen molar-refractivity contribution in [1.82, 2.24) is 4.57 Å². The van der Waals surface area contributed by atoms with Crippen LogP contribution in [-0.4, -0.2) is 16.5 Å². The first-order valence-electron chi connectivity index (χ1n) is 6.80. The number of Topliss-reactive ketones (excluding diaryl/α,β-unsaturated/α-hetero) is 1. The topological polar surface area (TPSA) is 22.0 Å². The molecule has 0 aliphatic heterocycles. The van der Waals surface area contributed by atoms with Crippen LogP contribution >= 0.6 is 0 Å². The number of carbonyl (C=O) groups excluding carboxylic acids is 1. The van der Waals surface area contributed by atoms with Gasteiger partial charge in [0.05, 0.1) is 5.56 Å². The molecule has 0 spiro atoms. The number of aromatic nitrogens is 1. The maximum absolute atomic E-state index is 12.9. The van der Waals surface area contributed by atoms with Crippen LogP contribution in [-0.2, 0) is 6.54 Å². The van der Waals surface area contributed by atoms with Gasteiger partial charge in [0.25, 0.3) is 5.78 Å². The average molecular weight is 321 g/mol. The Bertz CT molecular complexity index is 862. The number of hydrogen-bond acceptors (Lipinski definition) is 1. The maximum atomic E-state index is 12.9. The lowest BCUT2D eigenvalue weighted by molar-refractivity contribution is -0.0884. The quantitative estimate of drug-likeness (QED) is 0.511. The lowest BCUT2D eigenvalue weighted by atomic mass is 10.1. The molecule has 6 heteroatoms. The fourth-order valence-electron chi connectivity index (χ4n) is 2.50. The Morgan fingerprint density at radius 3 is 2.30 bits per heavy atom. The van der Waals surface area contributed by atoms with Gasteiger partial charge in [0.2, 0.25) is 0 Å². The van der Waals surface area contributed by atoms with Crippen LogP contribution in [0.1, 0.15) is 15.9 Å². The van der Waals surface area contributed by atoms with Crippen molar-refractivity contribution in [3.63, 3.8) is 0 Å². The standard InChI is InChI=1S/C17H11F4NO/c18-12-7-5-11(6-8-12)9-22-10-14(16(23)17(19,20)21)13-3-1-2-4-15(13)22/h1-8,10H,9H2. The predicted octanol–water partition coefficient (Wildman–Crippen LogP) is 4.57. The van der Waals surface area contributed by atoms with E-state index in [1.807, 2.05) is 0 Å². The Balaban J connectivity index is 2.08. The van der Waals surface area contributed by atoms with Crippen LogP contribution in [0.4, 0.5) is 17.6 Å². The molecule has 0 bridgehead atoms. The van der Waals surface area contributed by atoms with Gasteiger partial charge >= 0.3 is 6.18 Å². The zero-order chi connectivity index (χ0) is 16.6. The number of para-hydroxylation sites is 1. The Labute approximate surface area is 129 Å². The van der Waals surface area contributed by atoms with Gasteiger partial charge in [0, 0.05) is 23.6 Å². The number of halogens is 4. The number of nitrogens with zero attached hydrogens (tertiary/aromatic N) is 1. The van der Waals surface area contributed by atoms with Gasteiger partial charge in [-0.25, -0.2) is 4.39 Å². The van der Waals surface area contributed by atoms with Gasteiger partial charge in [-0.1, -0.05) is 30.3 Å². The first kappa shape index (κ1) is 15.3. The van der Waals surface area contributed by atoms with Crippen molar-refractivity contribution in [2.45, 2.75) is 12.7 Å². The molecule has 0 atom stereocenters. The smallest absolute Gasteiger partial charge is 0.342 e. The molecule has 0 aliphatic rings. The molecule has 1 heterocycles. The van der Waals surface area contributed by atoms with E-state index in [1.54, 1.807) is 34.9 Å². The zero-order valence-electron chi connectivity index (χ0n) is 11.8. The van der Waals surface area contributed by atoms with E-state index in [2.05, 4.69) is 0 Å². The van der Waals surface area contributed by atoms with Crippen LogP contribution in [0.2, 0.25) is 0 Å². The minimum Gasteiger partial charge on any atom is -0.342 e. The number of fused-ring (bicyclic) bond motifs is 1. The zero-order valence-corrected chi connectivity index (χ0v) is 11.8. The average Bonchev–Trinajstić information content (AvgIpc) is 2.87. The van der Waals surface area contributed by atoms with Crippen molar-refractivity contribution in [2.24, 2.45) is 0 Å². The molecule has 0 saturated carbocycles. The van der Waals surface area contributed by atoms with Crippen LogP contribution in [0.3, 0.4) is 0 Å². The lowest BCUT2D eigenvalue weighted by Gasteiger charge is -2.05. The summed E-state index contributed by atoms with van der Waals surface area (Å²) in [5.74, 6) is -2.26. The highest BCUT2D eigenvalue weighted by atomic mass is 19.4. The molecule has 2 aromatic carbocycles. The number of hydrogen-bond donors (Lipinski definition) is 0. The largest absolute Gasteiger partial charge is 0.454 e. The van der Waals surface area contributed by atoms with E-state index < -0.39 is 12.0 Å². The number of benzene rings is 2. The van der Waals surface area contributed by atoms with Crippen LogP contribution in [0, 0.1) is 5.82 Å². The molecule has 0 saturated heterocycles. The van der Waals surface area contributed by atoms with E-state index in [0.717, 1.165) is 5.56 Å². The van der Waals surface area contributed by atoms with Crippen molar-refractivity contribution >= 4 is 16.7 Å². The fraction of sp³-hybridized carbons (Fsp3) is 0.118. The first-order valence-corrected chi connectivity index (χ1v) is 6.80. The van der Waals surface area contributed by atoms with Gasteiger partial charge in [0.1, 0.15) is 5.82 Å². The summed E-state index contributed by atoms with van der Waals surface area (Å²) < 4.78 is 52.7. The SMILES string of the molecule is O=C(c1cn(Cc2ccc(F)cc2)c2ccccc12)C(F)(F)F. The number of rotatable bonds is 3. The minimum absolute atomic E-state index is 0.242. The molecular weight excluding hydrogens is 310 g/mol. The molecule has 0 amide bonds. The highest BCUT2D eigenvalue weighted by molar-refractivity contribution is 6.10. The Morgan fingerprint density at radius 1 is 1.00 bits per heavy atom. The normalized spacial score (nSPS) is 11.8. The van der Waals surface area contributed by atoms with E-state index in [0.29, 0.717) is 5.52 Å². The summed E-state index contributed by atoms with van der Waals surface area (Å²) in [6, 6.07) is 12.1. The van der Waals surface area contributed by atoms with E-state index >= 15 is 0 Å².